The molecule has 96 valence electrons. The van der Waals surface area contributed by atoms with Gasteiger partial charge in [-0.05, 0) is 35.9 Å². The van der Waals surface area contributed by atoms with E-state index in [4.69, 9.17) is 0 Å². The fraction of sp³-hybridized carbons (Fsp3) is 0.278. The van der Waals surface area contributed by atoms with Crippen molar-refractivity contribution in [3.05, 3.63) is 53.7 Å². The molecule has 0 amide bonds. The predicted octanol–water partition coefficient (Wildman–Crippen LogP) is 4.25. The van der Waals surface area contributed by atoms with Crippen molar-refractivity contribution >= 4 is 21.7 Å². The van der Waals surface area contributed by atoms with Gasteiger partial charge in [-0.1, -0.05) is 38.1 Å². The summed E-state index contributed by atoms with van der Waals surface area (Å²) in [5, 5.41) is 4.02. The van der Waals surface area contributed by atoms with Crippen molar-refractivity contribution in [2.45, 2.75) is 26.7 Å². The highest BCUT2D eigenvalue weighted by Crippen LogP contribution is 2.27. The zero-order valence-electron chi connectivity index (χ0n) is 12.1. The monoisotopic (exact) mass is 250 g/mol. The third-order valence-corrected chi connectivity index (χ3v) is 3.94. The van der Waals surface area contributed by atoms with Gasteiger partial charge in [0, 0.05) is 10.9 Å². The number of rotatable bonds is 1. The Morgan fingerprint density at radius 3 is 2.47 bits per heavy atom. The Bertz CT molecular complexity index is 769. The molecule has 0 N–H and O–H groups in total. The average Bonchev–Trinajstić information content (AvgIpc) is 2.38. The molecule has 0 fully saturated rings. The molecule has 0 radical (unpaired) electrons. The van der Waals surface area contributed by atoms with Crippen LogP contribution in [0.4, 0.5) is 0 Å². The molecule has 0 saturated carbocycles. The van der Waals surface area contributed by atoms with Crippen LogP contribution in [0.5, 0.6) is 0 Å². The molecule has 0 aliphatic rings. The number of nitrogens with zero attached hydrogens (tertiary/aromatic N) is 1. The van der Waals surface area contributed by atoms with E-state index in [1.165, 1.54) is 32.8 Å². The molecule has 0 spiro atoms. The Morgan fingerprint density at radius 1 is 1.00 bits per heavy atom. The minimum atomic E-state index is 0.558. The van der Waals surface area contributed by atoms with E-state index in [0.29, 0.717) is 5.92 Å². The van der Waals surface area contributed by atoms with E-state index in [0.717, 1.165) is 0 Å². The SMILES string of the molecule is Cc1cccc2ccc3cc(C(C)C)c[n+](C)c3c12. The molecule has 0 aliphatic heterocycles. The Labute approximate surface area is 114 Å². The second kappa shape index (κ2) is 4.34. The number of aromatic nitrogens is 1. The summed E-state index contributed by atoms with van der Waals surface area (Å²) < 4.78 is 2.28. The van der Waals surface area contributed by atoms with Crippen LogP contribution in [-0.4, -0.2) is 0 Å². The van der Waals surface area contributed by atoms with Crippen molar-refractivity contribution in [1.29, 1.82) is 0 Å². The van der Waals surface area contributed by atoms with Gasteiger partial charge in [-0.2, -0.15) is 0 Å². The van der Waals surface area contributed by atoms with Crippen LogP contribution in [0.15, 0.2) is 42.6 Å². The molecule has 0 aliphatic carbocycles. The van der Waals surface area contributed by atoms with Gasteiger partial charge in [-0.25, -0.2) is 4.57 Å². The van der Waals surface area contributed by atoms with E-state index in [2.05, 4.69) is 75.0 Å². The minimum absolute atomic E-state index is 0.558. The fourth-order valence-corrected chi connectivity index (χ4v) is 2.87. The van der Waals surface area contributed by atoms with E-state index in [-0.39, 0.29) is 0 Å². The molecule has 0 bridgehead atoms. The van der Waals surface area contributed by atoms with Crippen LogP contribution in [0.3, 0.4) is 0 Å². The minimum Gasteiger partial charge on any atom is -0.200 e. The zero-order chi connectivity index (χ0) is 13.6. The van der Waals surface area contributed by atoms with Crippen LogP contribution in [-0.2, 0) is 7.05 Å². The molecule has 19 heavy (non-hydrogen) atoms. The summed E-state index contributed by atoms with van der Waals surface area (Å²) in [6, 6.07) is 13.3. The maximum Gasteiger partial charge on any atom is 0.220 e. The lowest BCUT2D eigenvalue weighted by Crippen LogP contribution is -2.29. The number of aryl methyl sites for hydroxylation is 2. The first kappa shape index (κ1) is 12.2. The Morgan fingerprint density at radius 2 is 1.74 bits per heavy atom. The summed E-state index contributed by atoms with van der Waals surface area (Å²) in [5.74, 6) is 0.558. The quantitative estimate of drug-likeness (QED) is 0.449. The number of hydrogen-bond donors (Lipinski definition) is 0. The van der Waals surface area contributed by atoms with Gasteiger partial charge in [0.05, 0.1) is 5.39 Å². The highest BCUT2D eigenvalue weighted by Gasteiger charge is 2.14. The van der Waals surface area contributed by atoms with Crippen molar-refractivity contribution < 1.29 is 4.57 Å². The maximum absolute atomic E-state index is 2.33. The van der Waals surface area contributed by atoms with Crippen molar-refractivity contribution in [3.63, 3.8) is 0 Å². The lowest BCUT2D eigenvalue weighted by atomic mass is 9.98. The van der Waals surface area contributed by atoms with Gasteiger partial charge in [-0.15, -0.1) is 0 Å². The van der Waals surface area contributed by atoms with E-state index in [1.807, 2.05) is 0 Å². The van der Waals surface area contributed by atoms with E-state index in [9.17, 15) is 0 Å². The molecule has 3 rings (SSSR count). The summed E-state index contributed by atoms with van der Waals surface area (Å²) in [4.78, 5) is 0. The third kappa shape index (κ3) is 1.90. The van der Waals surface area contributed by atoms with Crippen LogP contribution in [0.1, 0.15) is 30.9 Å². The zero-order valence-corrected chi connectivity index (χ0v) is 12.1. The molecule has 2 aromatic carbocycles. The molecule has 1 nitrogen and oxygen atoms in total. The number of hydrogen-bond acceptors (Lipinski definition) is 0. The third-order valence-electron chi connectivity index (χ3n) is 3.94. The van der Waals surface area contributed by atoms with Crippen molar-refractivity contribution in [2.24, 2.45) is 7.05 Å². The second-order valence-corrected chi connectivity index (χ2v) is 5.72. The predicted molar refractivity (Wildman–Crippen MR) is 81.5 cm³/mol. The molecule has 1 aromatic heterocycles. The second-order valence-electron chi connectivity index (χ2n) is 5.72. The molecular formula is C18H20N+. The van der Waals surface area contributed by atoms with Gasteiger partial charge in [0.25, 0.3) is 0 Å². The van der Waals surface area contributed by atoms with Crippen LogP contribution in [0.2, 0.25) is 0 Å². The van der Waals surface area contributed by atoms with Gasteiger partial charge in [0.1, 0.15) is 7.05 Å². The number of fused-ring (bicyclic) bond motifs is 3. The first-order valence-corrected chi connectivity index (χ1v) is 6.89. The van der Waals surface area contributed by atoms with Crippen molar-refractivity contribution in [2.75, 3.05) is 0 Å². The molecule has 1 heterocycles. The average molecular weight is 250 g/mol. The largest absolute Gasteiger partial charge is 0.220 e. The van der Waals surface area contributed by atoms with Crippen molar-refractivity contribution in [1.82, 2.24) is 0 Å². The highest BCUT2D eigenvalue weighted by atomic mass is 14.9. The van der Waals surface area contributed by atoms with Gasteiger partial charge < -0.3 is 0 Å². The Balaban J connectivity index is 2.49. The molecular weight excluding hydrogens is 230 g/mol. The smallest absolute Gasteiger partial charge is 0.200 e. The summed E-state index contributed by atoms with van der Waals surface area (Å²) in [6.45, 7) is 6.68. The summed E-state index contributed by atoms with van der Waals surface area (Å²) in [7, 11) is 2.15. The lowest BCUT2D eigenvalue weighted by Gasteiger charge is -2.08. The van der Waals surface area contributed by atoms with Gasteiger partial charge in [0.2, 0.25) is 5.52 Å². The molecule has 1 heteroatoms. The van der Waals surface area contributed by atoms with Gasteiger partial charge in [0.15, 0.2) is 6.20 Å². The lowest BCUT2D eigenvalue weighted by molar-refractivity contribution is -0.644. The Hall–Kier alpha value is -1.89. The number of pyridine rings is 1. The van der Waals surface area contributed by atoms with Crippen LogP contribution in [0, 0.1) is 6.92 Å². The van der Waals surface area contributed by atoms with Crippen molar-refractivity contribution in [3.8, 4) is 0 Å². The topological polar surface area (TPSA) is 3.88 Å². The molecule has 3 aromatic rings. The first-order valence-electron chi connectivity index (χ1n) is 6.89. The normalized spacial score (nSPS) is 11.6. The van der Waals surface area contributed by atoms with Crippen LogP contribution >= 0.6 is 0 Å². The standard InChI is InChI=1S/C18H20N/c1-12(2)16-10-15-9-8-14-7-5-6-13(3)17(14)18(15)19(4)11-16/h5-12H,1-4H3/q+1. The maximum atomic E-state index is 2.33. The van der Waals surface area contributed by atoms with Gasteiger partial charge >= 0.3 is 0 Å². The molecule has 0 unspecified atom stereocenters. The highest BCUT2D eigenvalue weighted by molar-refractivity contribution is 6.05. The van der Waals surface area contributed by atoms with E-state index in [1.54, 1.807) is 0 Å². The fourth-order valence-electron chi connectivity index (χ4n) is 2.87. The van der Waals surface area contributed by atoms with E-state index < -0.39 is 0 Å². The summed E-state index contributed by atoms with van der Waals surface area (Å²) in [5.41, 5.74) is 4.07. The van der Waals surface area contributed by atoms with Crippen LogP contribution < -0.4 is 4.57 Å². The molecule has 0 saturated heterocycles. The van der Waals surface area contributed by atoms with E-state index >= 15 is 0 Å². The van der Waals surface area contributed by atoms with Crippen LogP contribution in [0.25, 0.3) is 21.7 Å². The van der Waals surface area contributed by atoms with Gasteiger partial charge in [-0.3, -0.25) is 0 Å². The summed E-state index contributed by atoms with van der Waals surface area (Å²) >= 11 is 0. The number of benzene rings is 2. The first-order chi connectivity index (χ1) is 9.08. The molecule has 0 atom stereocenters. The Kier molecular flexibility index (Phi) is 2.78. The summed E-state index contributed by atoms with van der Waals surface area (Å²) in [6.07, 6.45) is 2.26.